The third-order valence-electron chi connectivity index (χ3n) is 4.57. The van der Waals surface area contributed by atoms with Crippen molar-refractivity contribution in [3.8, 4) is 0 Å². The molecule has 3 heterocycles. The van der Waals surface area contributed by atoms with Gasteiger partial charge in [0, 0.05) is 31.1 Å². The van der Waals surface area contributed by atoms with E-state index in [1.807, 2.05) is 10.6 Å². The maximum atomic E-state index is 11.4. The lowest BCUT2D eigenvalue weighted by atomic mass is 10.2. The highest BCUT2D eigenvalue weighted by atomic mass is 16.4. The topological polar surface area (TPSA) is 70.7 Å². The van der Waals surface area contributed by atoms with Crippen LogP contribution in [-0.2, 0) is 0 Å². The summed E-state index contributed by atoms with van der Waals surface area (Å²) in [5, 5.41) is 14.0. The molecule has 6 nitrogen and oxygen atoms in total. The van der Waals surface area contributed by atoms with Gasteiger partial charge in [0.05, 0.1) is 5.69 Å². The van der Waals surface area contributed by atoms with Gasteiger partial charge in [-0.1, -0.05) is 12.8 Å². The highest BCUT2D eigenvalue weighted by Gasteiger charge is 2.28. The lowest BCUT2D eigenvalue weighted by molar-refractivity contribution is 0.0690. The summed E-state index contributed by atoms with van der Waals surface area (Å²) in [4.78, 5) is 17.9. The summed E-state index contributed by atoms with van der Waals surface area (Å²) in [7, 11) is 0. The summed E-state index contributed by atoms with van der Waals surface area (Å²) < 4.78 is 1.84. The van der Waals surface area contributed by atoms with Crippen molar-refractivity contribution in [3.05, 3.63) is 23.5 Å². The Balaban J connectivity index is 1.83. The van der Waals surface area contributed by atoms with Crippen LogP contribution in [0, 0.1) is 0 Å². The van der Waals surface area contributed by atoms with Gasteiger partial charge < -0.3 is 10.0 Å². The summed E-state index contributed by atoms with van der Waals surface area (Å²) in [5.74, 6) is 0.427. The Morgan fingerprint density at radius 3 is 2.50 bits per heavy atom. The van der Waals surface area contributed by atoms with E-state index in [0.29, 0.717) is 11.6 Å². The van der Waals surface area contributed by atoms with Crippen molar-refractivity contribution in [2.24, 2.45) is 0 Å². The fraction of sp³-hybridized carbons (Fsp3) is 0.562. The van der Waals surface area contributed by atoms with Crippen LogP contribution < -0.4 is 4.90 Å². The van der Waals surface area contributed by atoms with Gasteiger partial charge in [-0.25, -0.2) is 9.78 Å². The molecule has 4 rings (SSSR count). The highest BCUT2D eigenvalue weighted by Crippen LogP contribution is 2.39. The summed E-state index contributed by atoms with van der Waals surface area (Å²) in [6.07, 6.45) is 7.11. The van der Waals surface area contributed by atoms with Crippen molar-refractivity contribution < 1.29 is 9.90 Å². The highest BCUT2D eigenvalue weighted by molar-refractivity contribution is 5.87. The van der Waals surface area contributed by atoms with E-state index in [9.17, 15) is 9.90 Å². The predicted molar refractivity (Wildman–Crippen MR) is 82.6 cm³/mol. The van der Waals surface area contributed by atoms with Gasteiger partial charge in [0.2, 0.25) is 0 Å². The molecular formula is C16H20N4O2. The first-order valence-corrected chi connectivity index (χ1v) is 8.11. The van der Waals surface area contributed by atoms with E-state index in [0.717, 1.165) is 37.4 Å². The molecule has 22 heavy (non-hydrogen) atoms. The second kappa shape index (κ2) is 5.26. The van der Waals surface area contributed by atoms with E-state index in [-0.39, 0.29) is 5.69 Å². The normalized spacial score (nSPS) is 19.4. The minimum absolute atomic E-state index is 0.106. The first-order valence-electron chi connectivity index (χ1n) is 8.11. The molecule has 0 radical (unpaired) electrons. The van der Waals surface area contributed by atoms with Crippen LogP contribution in [0.3, 0.4) is 0 Å². The Labute approximate surface area is 128 Å². The monoisotopic (exact) mass is 300 g/mol. The Kier molecular flexibility index (Phi) is 3.24. The van der Waals surface area contributed by atoms with Gasteiger partial charge in [0.25, 0.3) is 0 Å². The largest absolute Gasteiger partial charge is 0.477 e. The molecule has 0 aromatic carbocycles. The first kappa shape index (κ1) is 13.5. The van der Waals surface area contributed by atoms with Gasteiger partial charge in [0.15, 0.2) is 11.3 Å². The third-order valence-corrected chi connectivity index (χ3v) is 4.57. The van der Waals surface area contributed by atoms with Crippen molar-refractivity contribution in [2.45, 2.75) is 44.4 Å². The summed E-state index contributed by atoms with van der Waals surface area (Å²) in [6.45, 7) is 1.91. The first-order chi connectivity index (χ1) is 10.7. The summed E-state index contributed by atoms with van der Waals surface area (Å²) in [6, 6.07) is 3.62. The number of hydrogen-bond donors (Lipinski definition) is 1. The second-order valence-electron chi connectivity index (χ2n) is 6.32. The molecule has 1 saturated carbocycles. The number of aromatic carboxylic acids is 1. The standard InChI is InChI=1S/C16H20N4O2/c21-16(22)13-10-15(19-7-3-1-2-4-8-19)20-14(17-13)9-12(18-20)11-5-6-11/h9-11H,1-8H2,(H,21,22). The van der Waals surface area contributed by atoms with Crippen LogP contribution in [-0.4, -0.2) is 38.8 Å². The number of anilines is 1. The van der Waals surface area contributed by atoms with E-state index < -0.39 is 5.97 Å². The fourth-order valence-electron chi connectivity index (χ4n) is 3.19. The smallest absolute Gasteiger partial charge is 0.354 e. The maximum absolute atomic E-state index is 11.4. The molecule has 0 bridgehead atoms. The van der Waals surface area contributed by atoms with Crippen molar-refractivity contribution in [1.29, 1.82) is 0 Å². The van der Waals surface area contributed by atoms with Crippen LogP contribution in [0.5, 0.6) is 0 Å². The molecular weight excluding hydrogens is 280 g/mol. The zero-order valence-corrected chi connectivity index (χ0v) is 12.5. The molecule has 0 atom stereocenters. The summed E-state index contributed by atoms with van der Waals surface area (Å²) >= 11 is 0. The molecule has 0 amide bonds. The number of aromatic nitrogens is 3. The SMILES string of the molecule is O=C(O)c1cc(N2CCCCCC2)n2nc(C3CC3)cc2n1. The second-order valence-corrected chi connectivity index (χ2v) is 6.32. The van der Waals surface area contributed by atoms with Crippen molar-refractivity contribution in [1.82, 2.24) is 14.6 Å². The molecule has 6 heteroatoms. The van der Waals surface area contributed by atoms with Gasteiger partial charge in [-0.3, -0.25) is 0 Å². The number of carbonyl (C=O) groups is 1. The molecule has 2 aromatic heterocycles. The zero-order chi connectivity index (χ0) is 15.1. The fourth-order valence-corrected chi connectivity index (χ4v) is 3.19. The molecule has 1 aliphatic heterocycles. The van der Waals surface area contributed by atoms with Gasteiger partial charge in [0.1, 0.15) is 5.82 Å². The molecule has 1 N–H and O–H groups in total. The van der Waals surface area contributed by atoms with Crippen LogP contribution in [0.25, 0.3) is 5.65 Å². The Morgan fingerprint density at radius 2 is 1.86 bits per heavy atom. The quantitative estimate of drug-likeness (QED) is 0.943. The zero-order valence-electron chi connectivity index (χ0n) is 12.5. The van der Waals surface area contributed by atoms with Crippen LogP contribution in [0.2, 0.25) is 0 Å². The number of rotatable bonds is 3. The number of carboxylic acids is 1. The van der Waals surface area contributed by atoms with Crippen LogP contribution in [0.15, 0.2) is 12.1 Å². The minimum atomic E-state index is -0.979. The van der Waals surface area contributed by atoms with Crippen LogP contribution >= 0.6 is 0 Å². The molecule has 2 fully saturated rings. The Bertz CT molecular complexity index is 712. The lowest BCUT2D eigenvalue weighted by Crippen LogP contribution is -2.27. The van der Waals surface area contributed by atoms with Gasteiger partial charge >= 0.3 is 5.97 Å². The Hall–Kier alpha value is -2.11. The maximum Gasteiger partial charge on any atom is 0.354 e. The third kappa shape index (κ3) is 2.42. The van der Waals surface area contributed by atoms with E-state index in [1.165, 1.54) is 25.7 Å². The van der Waals surface area contributed by atoms with Crippen molar-refractivity contribution >= 4 is 17.4 Å². The van der Waals surface area contributed by atoms with Gasteiger partial charge in [-0.2, -0.15) is 9.61 Å². The molecule has 1 aliphatic carbocycles. The predicted octanol–water partition coefficient (Wildman–Crippen LogP) is 2.69. The number of hydrogen-bond acceptors (Lipinski definition) is 4. The van der Waals surface area contributed by atoms with Crippen LogP contribution in [0.4, 0.5) is 5.82 Å². The average molecular weight is 300 g/mol. The number of fused-ring (bicyclic) bond motifs is 1. The van der Waals surface area contributed by atoms with Gasteiger partial charge in [-0.15, -0.1) is 0 Å². The minimum Gasteiger partial charge on any atom is -0.477 e. The average Bonchev–Trinajstić information content (AvgIpc) is 3.30. The van der Waals surface area contributed by atoms with Crippen LogP contribution in [0.1, 0.15) is 60.6 Å². The molecule has 2 aromatic rings. The van der Waals surface area contributed by atoms with Gasteiger partial charge in [-0.05, 0) is 25.7 Å². The number of carboxylic acid groups (broad SMARTS) is 1. The molecule has 0 unspecified atom stereocenters. The van der Waals surface area contributed by atoms with E-state index in [1.54, 1.807) is 6.07 Å². The molecule has 0 spiro atoms. The van der Waals surface area contributed by atoms with E-state index >= 15 is 0 Å². The Morgan fingerprint density at radius 1 is 1.14 bits per heavy atom. The van der Waals surface area contributed by atoms with Crippen molar-refractivity contribution in [3.63, 3.8) is 0 Å². The number of nitrogens with zero attached hydrogens (tertiary/aromatic N) is 4. The van der Waals surface area contributed by atoms with E-state index in [2.05, 4.69) is 9.88 Å². The van der Waals surface area contributed by atoms with Crippen molar-refractivity contribution in [2.75, 3.05) is 18.0 Å². The van der Waals surface area contributed by atoms with E-state index in [4.69, 9.17) is 5.10 Å². The molecule has 116 valence electrons. The molecule has 1 saturated heterocycles. The lowest BCUT2D eigenvalue weighted by Gasteiger charge is -2.23. The summed E-state index contributed by atoms with van der Waals surface area (Å²) in [5.41, 5.74) is 1.81. The molecule has 2 aliphatic rings.